The summed E-state index contributed by atoms with van der Waals surface area (Å²) >= 11 is 0. The molecule has 1 aromatic rings. The number of nitrogens with zero attached hydrogens (tertiary/aromatic N) is 2. The summed E-state index contributed by atoms with van der Waals surface area (Å²) in [5.41, 5.74) is 1.57. The second-order valence-electron chi connectivity index (χ2n) is 5.78. The first-order valence-electron chi connectivity index (χ1n) is 6.42. The van der Waals surface area contributed by atoms with Gasteiger partial charge in [-0.15, -0.1) is 0 Å². The van der Waals surface area contributed by atoms with Crippen LogP contribution in [0.4, 0.5) is 0 Å². The Bertz CT molecular complexity index is 348. The minimum absolute atomic E-state index is 0.216. The summed E-state index contributed by atoms with van der Waals surface area (Å²) in [5.74, 6) is 0.707. The van der Waals surface area contributed by atoms with Gasteiger partial charge in [0.15, 0.2) is 0 Å². The van der Waals surface area contributed by atoms with Crippen LogP contribution in [0.5, 0.6) is 0 Å². The van der Waals surface area contributed by atoms with Crippen molar-refractivity contribution in [3.63, 3.8) is 0 Å². The third-order valence-electron chi connectivity index (χ3n) is 3.56. The quantitative estimate of drug-likeness (QED) is 0.845. The van der Waals surface area contributed by atoms with Crippen molar-refractivity contribution >= 4 is 0 Å². The zero-order chi connectivity index (χ0) is 12.3. The molecule has 0 aromatic carbocycles. The van der Waals surface area contributed by atoms with Crippen molar-refractivity contribution in [1.29, 1.82) is 0 Å². The van der Waals surface area contributed by atoms with Gasteiger partial charge in [-0.1, -0.05) is 6.92 Å². The average Bonchev–Trinajstić information content (AvgIpc) is 2.40. The Hall–Kier alpha value is -0.930. The third kappa shape index (κ3) is 3.27. The number of hydrogen-bond donors (Lipinski definition) is 1. The van der Waals surface area contributed by atoms with Crippen molar-refractivity contribution < 1.29 is 0 Å². The summed E-state index contributed by atoms with van der Waals surface area (Å²) in [5, 5.41) is 3.55. The summed E-state index contributed by atoms with van der Waals surface area (Å²) in [6.07, 6.45) is 3.75. The van der Waals surface area contributed by atoms with Crippen LogP contribution in [-0.4, -0.2) is 35.1 Å². The highest BCUT2D eigenvalue weighted by molar-refractivity contribution is 5.10. The Morgan fingerprint density at radius 3 is 2.82 bits per heavy atom. The van der Waals surface area contributed by atoms with Gasteiger partial charge in [-0.25, -0.2) is 0 Å². The van der Waals surface area contributed by atoms with Crippen LogP contribution >= 0.6 is 0 Å². The van der Waals surface area contributed by atoms with Gasteiger partial charge >= 0.3 is 0 Å². The second-order valence-corrected chi connectivity index (χ2v) is 5.78. The first-order valence-corrected chi connectivity index (χ1v) is 6.42. The zero-order valence-corrected chi connectivity index (χ0v) is 11.1. The molecule has 1 aliphatic rings. The van der Waals surface area contributed by atoms with Gasteiger partial charge in [0.25, 0.3) is 0 Å². The van der Waals surface area contributed by atoms with E-state index in [2.05, 4.69) is 48.1 Å². The molecule has 0 saturated carbocycles. The zero-order valence-electron chi connectivity index (χ0n) is 11.1. The van der Waals surface area contributed by atoms with Gasteiger partial charge in [0.2, 0.25) is 0 Å². The van der Waals surface area contributed by atoms with E-state index in [9.17, 15) is 0 Å². The molecule has 1 fully saturated rings. The van der Waals surface area contributed by atoms with Crippen LogP contribution < -0.4 is 5.32 Å². The van der Waals surface area contributed by atoms with Gasteiger partial charge in [-0.05, 0) is 44.0 Å². The first kappa shape index (κ1) is 12.5. The summed E-state index contributed by atoms with van der Waals surface area (Å²) < 4.78 is 0. The van der Waals surface area contributed by atoms with Gasteiger partial charge in [-0.2, -0.15) is 0 Å². The van der Waals surface area contributed by atoms with E-state index in [1.165, 1.54) is 5.56 Å². The van der Waals surface area contributed by atoms with Crippen molar-refractivity contribution in [3.05, 3.63) is 30.1 Å². The van der Waals surface area contributed by atoms with Crippen LogP contribution in [0.3, 0.4) is 0 Å². The van der Waals surface area contributed by atoms with Gasteiger partial charge in [0, 0.05) is 37.6 Å². The van der Waals surface area contributed by atoms with Gasteiger partial charge in [-0.3, -0.25) is 9.88 Å². The fourth-order valence-corrected chi connectivity index (χ4v) is 2.41. The lowest BCUT2D eigenvalue weighted by molar-refractivity contribution is 0.113. The first-order chi connectivity index (χ1) is 8.08. The molecule has 94 valence electrons. The molecular formula is C14H23N3. The lowest BCUT2D eigenvalue weighted by atomic mass is 10.0. The molecule has 1 aromatic heterocycles. The van der Waals surface area contributed by atoms with Crippen molar-refractivity contribution in [2.24, 2.45) is 5.92 Å². The molecule has 0 aliphatic carbocycles. The van der Waals surface area contributed by atoms with Crippen molar-refractivity contribution in [2.45, 2.75) is 32.9 Å². The SMILES string of the molecule is CC1CNCC(C)(C)N(Cc2ccncc2)C1. The average molecular weight is 233 g/mol. The second kappa shape index (κ2) is 5.15. The van der Waals surface area contributed by atoms with Crippen LogP contribution in [0, 0.1) is 5.92 Å². The Morgan fingerprint density at radius 2 is 2.12 bits per heavy atom. The van der Waals surface area contributed by atoms with Crippen LogP contribution in [-0.2, 0) is 6.54 Å². The fraction of sp³-hybridized carbons (Fsp3) is 0.643. The molecule has 2 rings (SSSR count). The van der Waals surface area contributed by atoms with E-state index in [0.29, 0.717) is 5.92 Å². The molecule has 1 N–H and O–H groups in total. The molecule has 0 amide bonds. The van der Waals surface area contributed by atoms with Crippen molar-refractivity contribution in [1.82, 2.24) is 15.2 Å². The molecule has 0 radical (unpaired) electrons. The minimum atomic E-state index is 0.216. The molecule has 17 heavy (non-hydrogen) atoms. The predicted molar refractivity (Wildman–Crippen MR) is 70.8 cm³/mol. The van der Waals surface area contributed by atoms with Crippen LogP contribution in [0.2, 0.25) is 0 Å². The highest BCUT2D eigenvalue weighted by Crippen LogP contribution is 2.21. The van der Waals surface area contributed by atoms with E-state index in [4.69, 9.17) is 0 Å². The van der Waals surface area contributed by atoms with E-state index in [1.807, 2.05) is 12.4 Å². The summed E-state index contributed by atoms with van der Waals surface area (Å²) in [4.78, 5) is 6.65. The lowest BCUT2D eigenvalue weighted by Crippen LogP contribution is -2.48. The van der Waals surface area contributed by atoms with Crippen LogP contribution in [0.25, 0.3) is 0 Å². The van der Waals surface area contributed by atoms with Gasteiger partial charge < -0.3 is 5.32 Å². The van der Waals surface area contributed by atoms with Gasteiger partial charge in [0.1, 0.15) is 0 Å². The maximum absolute atomic E-state index is 4.08. The van der Waals surface area contributed by atoms with Crippen LogP contribution in [0.1, 0.15) is 26.3 Å². The number of pyridine rings is 1. The van der Waals surface area contributed by atoms with Gasteiger partial charge in [0.05, 0.1) is 0 Å². The normalized spacial score (nSPS) is 25.5. The molecule has 3 heteroatoms. The molecule has 1 aliphatic heterocycles. The summed E-state index contributed by atoms with van der Waals surface area (Å²) in [6, 6.07) is 4.22. The Kier molecular flexibility index (Phi) is 3.79. The highest BCUT2D eigenvalue weighted by Gasteiger charge is 2.30. The standard InChI is InChI=1S/C14H23N3/c1-12-8-16-11-14(2,3)17(9-12)10-13-4-6-15-7-5-13/h4-7,12,16H,8-11H2,1-3H3. The van der Waals surface area contributed by atoms with E-state index < -0.39 is 0 Å². The molecule has 1 unspecified atom stereocenters. The molecule has 1 atom stereocenters. The molecule has 0 bridgehead atoms. The molecule has 1 saturated heterocycles. The number of hydrogen-bond acceptors (Lipinski definition) is 3. The monoisotopic (exact) mass is 233 g/mol. The Morgan fingerprint density at radius 1 is 1.41 bits per heavy atom. The van der Waals surface area contributed by atoms with Crippen LogP contribution in [0.15, 0.2) is 24.5 Å². The smallest absolute Gasteiger partial charge is 0.0281 e. The third-order valence-corrected chi connectivity index (χ3v) is 3.56. The topological polar surface area (TPSA) is 28.2 Å². The molecular weight excluding hydrogens is 210 g/mol. The fourth-order valence-electron chi connectivity index (χ4n) is 2.41. The van der Waals surface area contributed by atoms with Crippen molar-refractivity contribution in [2.75, 3.05) is 19.6 Å². The molecule has 0 spiro atoms. The molecule has 3 nitrogen and oxygen atoms in total. The minimum Gasteiger partial charge on any atom is -0.315 e. The number of aromatic nitrogens is 1. The maximum atomic E-state index is 4.08. The van der Waals surface area contributed by atoms with E-state index >= 15 is 0 Å². The summed E-state index contributed by atoms with van der Waals surface area (Å²) in [7, 11) is 0. The largest absolute Gasteiger partial charge is 0.315 e. The van der Waals surface area contributed by atoms with E-state index in [1.54, 1.807) is 0 Å². The predicted octanol–water partition coefficient (Wildman–Crippen LogP) is 1.90. The number of nitrogens with one attached hydrogen (secondary N) is 1. The Labute approximate surface area is 104 Å². The lowest BCUT2D eigenvalue weighted by Gasteiger charge is -2.37. The molecule has 2 heterocycles. The highest BCUT2D eigenvalue weighted by atomic mass is 15.2. The maximum Gasteiger partial charge on any atom is 0.0281 e. The van der Waals surface area contributed by atoms with E-state index in [0.717, 1.165) is 26.2 Å². The Balaban J connectivity index is 2.11. The summed E-state index contributed by atoms with van der Waals surface area (Å²) in [6.45, 7) is 11.3. The van der Waals surface area contributed by atoms with Crippen molar-refractivity contribution in [3.8, 4) is 0 Å². The van der Waals surface area contributed by atoms with E-state index in [-0.39, 0.29) is 5.54 Å². The number of rotatable bonds is 2.